The van der Waals surface area contributed by atoms with E-state index >= 15 is 0 Å². The van der Waals surface area contributed by atoms with Crippen LogP contribution in [-0.2, 0) is 9.59 Å². The van der Waals surface area contributed by atoms with Crippen LogP contribution < -0.4 is 0 Å². The van der Waals surface area contributed by atoms with E-state index in [1.54, 1.807) is 0 Å². The maximum atomic E-state index is 12.0. The lowest BCUT2D eigenvalue weighted by Crippen LogP contribution is -2.13. The van der Waals surface area contributed by atoms with Gasteiger partial charge in [-0.25, -0.2) is 0 Å². The zero-order chi connectivity index (χ0) is 17.8. The number of ketones is 1. The topological polar surface area (TPSA) is 74.6 Å². The van der Waals surface area contributed by atoms with Crippen molar-refractivity contribution >= 4 is 11.8 Å². The van der Waals surface area contributed by atoms with Gasteiger partial charge in [0.15, 0.2) is 0 Å². The minimum absolute atomic E-state index is 0.0137. The summed E-state index contributed by atoms with van der Waals surface area (Å²) in [4.78, 5) is 22.5. The van der Waals surface area contributed by atoms with Crippen molar-refractivity contribution in [2.45, 2.75) is 77.2 Å². The van der Waals surface area contributed by atoms with E-state index in [0.717, 1.165) is 38.5 Å². The summed E-state index contributed by atoms with van der Waals surface area (Å²) in [5, 5.41) is 18.6. The summed E-state index contributed by atoms with van der Waals surface area (Å²) in [5.41, 5.74) is 0. The Hall–Kier alpha value is -1.42. The van der Waals surface area contributed by atoms with E-state index in [1.165, 1.54) is 0 Å². The highest BCUT2D eigenvalue weighted by Crippen LogP contribution is 2.33. The maximum Gasteiger partial charge on any atom is 0.303 e. The standard InChI is InChI=1S/C20H32O4/c1-2-3-6-9-17(21)14-12-16-13-15-19(22)18(16)10-7-4-5-8-11-20(23)24/h4,7,12,14,16-18,21H,2-3,5-6,8-11,13,15H2,1H3,(H,23,24)/b7-4-,14-12+/t16-,17?,18+/m0/s1. The lowest BCUT2D eigenvalue weighted by Gasteiger charge is -2.13. The van der Waals surface area contributed by atoms with Crippen LogP contribution in [0.15, 0.2) is 24.3 Å². The largest absolute Gasteiger partial charge is 0.481 e. The van der Waals surface area contributed by atoms with Crippen molar-refractivity contribution in [3.05, 3.63) is 24.3 Å². The van der Waals surface area contributed by atoms with Crippen molar-refractivity contribution in [1.29, 1.82) is 0 Å². The summed E-state index contributed by atoms with van der Waals surface area (Å²) in [6, 6.07) is 0. The summed E-state index contributed by atoms with van der Waals surface area (Å²) in [6.45, 7) is 2.14. The summed E-state index contributed by atoms with van der Waals surface area (Å²) >= 11 is 0. The molecule has 0 bridgehead atoms. The van der Waals surface area contributed by atoms with Crippen LogP contribution in [0.1, 0.15) is 71.1 Å². The van der Waals surface area contributed by atoms with Gasteiger partial charge in [-0.1, -0.05) is 50.5 Å². The summed E-state index contributed by atoms with van der Waals surface area (Å²) in [5.74, 6) is -0.223. The number of rotatable bonds is 12. The van der Waals surface area contributed by atoms with E-state index in [4.69, 9.17) is 5.11 Å². The van der Waals surface area contributed by atoms with E-state index < -0.39 is 12.1 Å². The van der Waals surface area contributed by atoms with Crippen molar-refractivity contribution in [2.75, 3.05) is 0 Å². The minimum atomic E-state index is -0.767. The van der Waals surface area contributed by atoms with E-state index in [2.05, 4.69) is 6.92 Å². The normalized spacial score (nSPS) is 22.7. The Kier molecular flexibility index (Phi) is 10.3. The van der Waals surface area contributed by atoms with Crippen molar-refractivity contribution in [1.82, 2.24) is 0 Å². The first-order chi connectivity index (χ1) is 11.5. The second-order valence-electron chi connectivity index (χ2n) is 6.72. The van der Waals surface area contributed by atoms with Gasteiger partial charge in [0.2, 0.25) is 0 Å². The number of Topliss-reactive ketones (excluding diaryl/α,β-unsaturated/α-hetero) is 1. The van der Waals surface area contributed by atoms with Crippen molar-refractivity contribution in [3.63, 3.8) is 0 Å². The number of hydrogen-bond donors (Lipinski definition) is 2. The molecular weight excluding hydrogens is 304 g/mol. The van der Waals surface area contributed by atoms with Crippen molar-refractivity contribution in [3.8, 4) is 0 Å². The molecule has 1 fully saturated rings. The molecule has 0 amide bonds. The molecule has 0 aromatic heterocycles. The molecular formula is C20H32O4. The third kappa shape index (κ3) is 8.44. The molecule has 1 aliphatic carbocycles. The van der Waals surface area contributed by atoms with Gasteiger partial charge in [0, 0.05) is 18.8 Å². The molecule has 4 nitrogen and oxygen atoms in total. The molecule has 1 rings (SSSR count). The van der Waals surface area contributed by atoms with Crippen LogP contribution in [0.4, 0.5) is 0 Å². The van der Waals surface area contributed by atoms with Crippen LogP contribution in [0, 0.1) is 11.8 Å². The van der Waals surface area contributed by atoms with Crippen LogP contribution in [0.25, 0.3) is 0 Å². The smallest absolute Gasteiger partial charge is 0.303 e. The number of aliphatic carboxylic acids is 1. The number of aliphatic hydroxyl groups excluding tert-OH is 1. The second-order valence-corrected chi connectivity index (χ2v) is 6.72. The molecule has 0 spiro atoms. The Morgan fingerprint density at radius 1 is 1.29 bits per heavy atom. The molecule has 0 aromatic rings. The minimum Gasteiger partial charge on any atom is -0.481 e. The fraction of sp³-hybridized carbons (Fsp3) is 0.700. The molecule has 4 heteroatoms. The molecule has 136 valence electrons. The lowest BCUT2D eigenvalue weighted by molar-refractivity contribution is -0.137. The Balaban J connectivity index is 2.37. The van der Waals surface area contributed by atoms with Gasteiger partial charge in [0.05, 0.1) is 6.10 Å². The zero-order valence-corrected chi connectivity index (χ0v) is 14.8. The Bertz CT molecular complexity index is 439. The Morgan fingerprint density at radius 3 is 2.79 bits per heavy atom. The molecule has 0 radical (unpaired) electrons. The number of allylic oxidation sites excluding steroid dienone is 3. The van der Waals surface area contributed by atoms with Gasteiger partial charge >= 0.3 is 5.97 Å². The number of aliphatic hydroxyl groups is 1. The second kappa shape index (κ2) is 12.0. The quantitative estimate of drug-likeness (QED) is 0.412. The predicted octanol–water partition coefficient (Wildman–Crippen LogP) is 4.28. The fourth-order valence-electron chi connectivity index (χ4n) is 3.17. The maximum absolute atomic E-state index is 12.0. The van der Waals surface area contributed by atoms with Gasteiger partial charge in [-0.2, -0.15) is 0 Å². The van der Waals surface area contributed by atoms with Crippen LogP contribution in [0.3, 0.4) is 0 Å². The average molecular weight is 336 g/mol. The highest BCUT2D eigenvalue weighted by molar-refractivity contribution is 5.83. The highest BCUT2D eigenvalue weighted by atomic mass is 16.4. The molecule has 3 atom stereocenters. The van der Waals surface area contributed by atoms with Gasteiger partial charge in [0.1, 0.15) is 5.78 Å². The first-order valence-corrected chi connectivity index (χ1v) is 9.30. The lowest BCUT2D eigenvalue weighted by atomic mass is 9.91. The molecule has 0 aliphatic heterocycles. The van der Waals surface area contributed by atoms with E-state index in [0.29, 0.717) is 25.0 Å². The van der Waals surface area contributed by atoms with Gasteiger partial charge < -0.3 is 10.2 Å². The van der Waals surface area contributed by atoms with Crippen molar-refractivity contribution < 1.29 is 19.8 Å². The molecule has 1 unspecified atom stereocenters. The number of unbranched alkanes of at least 4 members (excludes halogenated alkanes) is 3. The highest BCUT2D eigenvalue weighted by Gasteiger charge is 2.31. The Morgan fingerprint density at radius 2 is 2.08 bits per heavy atom. The van der Waals surface area contributed by atoms with E-state index in [1.807, 2.05) is 24.3 Å². The third-order valence-electron chi connectivity index (χ3n) is 4.66. The van der Waals surface area contributed by atoms with Gasteiger partial charge in [-0.15, -0.1) is 0 Å². The molecule has 0 heterocycles. The van der Waals surface area contributed by atoms with Crippen molar-refractivity contribution in [2.24, 2.45) is 11.8 Å². The van der Waals surface area contributed by atoms with Crippen LogP contribution in [-0.4, -0.2) is 28.1 Å². The van der Waals surface area contributed by atoms with Gasteiger partial charge in [-0.3, -0.25) is 9.59 Å². The monoisotopic (exact) mass is 336 g/mol. The van der Waals surface area contributed by atoms with Gasteiger partial charge in [0.25, 0.3) is 0 Å². The third-order valence-corrected chi connectivity index (χ3v) is 4.66. The van der Waals surface area contributed by atoms with Crippen LogP contribution in [0.2, 0.25) is 0 Å². The molecule has 1 aliphatic rings. The first kappa shape index (κ1) is 20.6. The SMILES string of the molecule is CCCCCC(O)/C=C/[C@H]1CCC(=O)[C@@H]1C/C=C\CCCC(=O)O. The molecule has 24 heavy (non-hydrogen) atoms. The van der Waals surface area contributed by atoms with Crippen LogP contribution >= 0.6 is 0 Å². The summed E-state index contributed by atoms with van der Waals surface area (Å²) in [6.07, 6.45) is 15.4. The van der Waals surface area contributed by atoms with Gasteiger partial charge in [-0.05, 0) is 38.0 Å². The zero-order valence-electron chi connectivity index (χ0n) is 14.8. The summed E-state index contributed by atoms with van der Waals surface area (Å²) in [7, 11) is 0. The molecule has 1 saturated carbocycles. The number of hydrogen-bond acceptors (Lipinski definition) is 3. The first-order valence-electron chi connectivity index (χ1n) is 9.30. The van der Waals surface area contributed by atoms with E-state index in [9.17, 15) is 14.7 Å². The molecule has 0 saturated heterocycles. The Labute approximate surface area is 145 Å². The predicted molar refractivity (Wildman–Crippen MR) is 95.8 cm³/mol. The average Bonchev–Trinajstić information content (AvgIpc) is 2.89. The number of carboxylic acids is 1. The van der Waals surface area contributed by atoms with Crippen LogP contribution in [0.5, 0.6) is 0 Å². The number of carbonyl (C=O) groups excluding carboxylic acids is 1. The number of carbonyl (C=O) groups is 2. The molecule has 2 N–H and O–H groups in total. The summed E-state index contributed by atoms with van der Waals surface area (Å²) < 4.78 is 0. The fourth-order valence-corrected chi connectivity index (χ4v) is 3.17. The molecule has 0 aromatic carbocycles. The van der Waals surface area contributed by atoms with E-state index in [-0.39, 0.29) is 18.3 Å². The number of carboxylic acid groups (broad SMARTS) is 1.